The summed E-state index contributed by atoms with van der Waals surface area (Å²) >= 11 is 5.92. The van der Waals surface area contributed by atoms with E-state index < -0.39 is 0 Å². The molecule has 1 heterocycles. The van der Waals surface area contributed by atoms with Gasteiger partial charge in [0.25, 0.3) is 0 Å². The highest BCUT2D eigenvalue weighted by Gasteiger charge is 2.16. The molecule has 0 unspecified atom stereocenters. The third-order valence-electron chi connectivity index (χ3n) is 3.74. The fourth-order valence-corrected chi connectivity index (χ4v) is 2.56. The summed E-state index contributed by atoms with van der Waals surface area (Å²) in [7, 11) is 0. The largest absolute Gasteiger partial charge is 0.312 e. The lowest BCUT2D eigenvalue weighted by Gasteiger charge is -2.25. The normalized spacial score (nSPS) is 15.8. The Morgan fingerprint density at radius 1 is 1.22 bits per heavy atom. The number of nitrogens with zero attached hydrogens (tertiary/aromatic N) is 1. The van der Waals surface area contributed by atoms with E-state index in [2.05, 4.69) is 28.5 Å². The molecule has 0 spiro atoms. The molecule has 3 heteroatoms. The molecule has 2 aromatic rings. The Hall–Kier alpha value is -1.12. The summed E-state index contributed by atoms with van der Waals surface area (Å²) in [5, 5.41) is 6.40. The highest BCUT2D eigenvalue weighted by atomic mass is 35.5. The average Bonchev–Trinajstić information content (AvgIpc) is 2.32. The molecule has 0 saturated heterocycles. The molecular weight excluding hydrogens is 244 g/mol. The van der Waals surface area contributed by atoms with E-state index in [-0.39, 0.29) is 0 Å². The summed E-state index contributed by atoms with van der Waals surface area (Å²) in [6.07, 6.45) is 6.02. The van der Waals surface area contributed by atoms with Crippen molar-refractivity contribution in [1.82, 2.24) is 10.3 Å². The van der Waals surface area contributed by atoms with Gasteiger partial charge in [0.15, 0.2) is 0 Å². The van der Waals surface area contributed by atoms with Crippen molar-refractivity contribution in [3.63, 3.8) is 0 Å². The molecule has 0 aliphatic heterocycles. The van der Waals surface area contributed by atoms with Crippen molar-refractivity contribution in [1.29, 1.82) is 0 Å². The van der Waals surface area contributed by atoms with Crippen LogP contribution in [0.1, 0.15) is 24.8 Å². The van der Waals surface area contributed by atoms with Crippen molar-refractivity contribution in [2.75, 3.05) is 6.54 Å². The van der Waals surface area contributed by atoms with Gasteiger partial charge < -0.3 is 5.32 Å². The number of pyridine rings is 1. The number of aromatic nitrogens is 1. The Morgan fingerprint density at radius 3 is 2.89 bits per heavy atom. The van der Waals surface area contributed by atoms with Crippen molar-refractivity contribution in [3.05, 3.63) is 41.2 Å². The molecule has 1 aromatic carbocycles. The van der Waals surface area contributed by atoms with Gasteiger partial charge in [0.2, 0.25) is 0 Å². The lowest BCUT2D eigenvalue weighted by atomic mass is 9.85. The molecule has 0 bridgehead atoms. The second-order valence-electron chi connectivity index (χ2n) is 5.12. The van der Waals surface area contributed by atoms with Crippen molar-refractivity contribution < 1.29 is 0 Å². The minimum Gasteiger partial charge on any atom is -0.312 e. The first-order valence-corrected chi connectivity index (χ1v) is 6.94. The minimum absolute atomic E-state index is 0.557. The molecule has 18 heavy (non-hydrogen) atoms. The maximum Gasteiger partial charge on any atom is 0.129 e. The molecule has 0 amide bonds. The molecule has 1 aliphatic carbocycles. The monoisotopic (exact) mass is 260 g/mol. The van der Waals surface area contributed by atoms with Gasteiger partial charge in [-0.1, -0.05) is 30.2 Å². The van der Waals surface area contributed by atoms with Gasteiger partial charge in [-0.2, -0.15) is 0 Å². The molecule has 1 fully saturated rings. The summed E-state index contributed by atoms with van der Waals surface area (Å²) in [6.45, 7) is 2.08. The van der Waals surface area contributed by atoms with E-state index in [9.17, 15) is 0 Å². The smallest absolute Gasteiger partial charge is 0.129 e. The van der Waals surface area contributed by atoms with Crippen molar-refractivity contribution in [2.45, 2.75) is 25.8 Å². The lowest BCUT2D eigenvalue weighted by Crippen LogP contribution is -2.26. The molecule has 94 valence electrons. The summed E-state index contributed by atoms with van der Waals surface area (Å²) in [5.41, 5.74) is 1.31. The van der Waals surface area contributed by atoms with Crippen LogP contribution in [0.25, 0.3) is 10.8 Å². The van der Waals surface area contributed by atoms with Crippen LogP contribution in [0.4, 0.5) is 0 Å². The number of halogens is 1. The first-order chi connectivity index (χ1) is 8.81. The van der Waals surface area contributed by atoms with Gasteiger partial charge in [0.1, 0.15) is 5.15 Å². The minimum atomic E-state index is 0.557. The molecule has 1 aromatic heterocycles. The number of benzene rings is 1. The van der Waals surface area contributed by atoms with Gasteiger partial charge in [-0.15, -0.1) is 0 Å². The van der Waals surface area contributed by atoms with Crippen LogP contribution in [0.2, 0.25) is 5.15 Å². The second-order valence-corrected chi connectivity index (χ2v) is 5.50. The van der Waals surface area contributed by atoms with Gasteiger partial charge in [-0.05, 0) is 48.4 Å². The van der Waals surface area contributed by atoms with Crippen LogP contribution in [-0.2, 0) is 6.54 Å². The quantitative estimate of drug-likeness (QED) is 0.847. The van der Waals surface area contributed by atoms with Crippen LogP contribution < -0.4 is 5.32 Å². The molecule has 1 N–H and O–H groups in total. The SMILES string of the molecule is Clc1cc2cc(CNCC3CCC3)ccc2cn1. The topological polar surface area (TPSA) is 24.9 Å². The zero-order chi connectivity index (χ0) is 12.4. The van der Waals surface area contributed by atoms with E-state index in [0.29, 0.717) is 5.15 Å². The van der Waals surface area contributed by atoms with E-state index in [4.69, 9.17) is 11.6 Å². The van der Waals surface area contributed by atoms with Crippen LogP contribution in [-0.4, -0.2) is 11.5 Å². The van der Waals surface area contributed by atoms with Gasteiger partial charge in [-0.3, -0.25) is 0 Å². The number of hydrogen-bond donors (Lipinski definition) is 1. The zero-order valence-electron chi connectivity index (χ0n) is 10.3. The Morgan fingerprint density at radius 2 is 2.11 bits per heavy atom. The second kappa shape index (κ2) is 5.25. The maximum atomic E-state index is 5.92. The molecular formula is C15H17ClN2. The lowest BCUT2D eigenvalue weighted by molar-refractivity contribution is 0.301. The first kappa shape index (κ1) is 11.9. The number of rotatable bonds is 4. The molecule has 0 atom stereocenters. The standard InChI is InChI=1S/C15H17ClN2/c16-15-7-14-6-12(4-5-13(14)10-18-15)9-17-8-11-2-1-3-11/h4-7,10-11,17H,1-3,8-9H2. The fraction of sp³-hybridized carbons (Fsp3) is 0.400. The Bertz CT molecular complexity index is 549. The predicted octanol–water partition coefficient (Wildman–Crippen LogP) is 3.78. The number of hydrogen-bond acceptors (Lipinski definition) is 2. The third kappa shape index (κ3) is 2.65. The van der Waals surface area contributed by atoms with Crippen molar-refractivity contribution in [2.24, 2.45) is 5.92 Å². The Labute approximate surface area is 112 Å². The molecule has 1 saturated carbocycles. The van der Waals surface area contributed by atoms with Gasteiger partial charge in [-0.25, -0.2) is 4.98 Å². The Balaban J connectivity index is 1.67. The average molecular weight is 261 g/mol. The zero-order valence-corrected chi connectivity index (χ0v) is 11.1. The van der Waals surface area contributed by atoms with E-state index >= 15 is 0 Å². The molecule has 3 rings (SSSR count). The van der Waals surface area contributed by atoms with Crippen molar-refractivity contribution >= 4 is 22.4 Å². The van der Waals surface area contributed by atoms with Crippen molar-refractivity contribution in [3.8, 4) is 0 Å². The highest BCUT2D eigenvalue weighted by Crippen LogP contribution is 2.25. The number of nitrogens with one attached hydrogen (secondary N) is 1. The summed E-state index contributed by atoms with van der Waals surface area (Å²) in [4.78, 5) is 4.09. The maximum absolute atomic E-state index is 5.92. The summed E-state index contributed by atoms with van der Waals surface area (Å²) < 4.78 is 0. The summed E-state index contributed by atoms with van der Waals surface area (Å²) in [6, 6.07) is 8.38. The predicted molar refractivity (Wildman–Crippen MR) is 75.8 cm³/mol. The Kier molecular flexibility index (Phi) is 3.48. The van der Waals surface area contributed by atoms with E-state index in [1.54, 1.807) is 0 Å². The molecule has 0 radical (unpaired) electrons. The van der Waals surface area contributed by atoms with Crippen LogP contribution >= 0.6 is 11.6 Å². The molecule has 2 nitrogen and oxygen atoms in total. The molecule has 1 aliphatic rings. The summed E-state index contributed by atoms with van der Waals surface area (Å²) in [5.74, 6) is 0.907. The van der Waals surface area contributed by atoms with Crippen LogP contribution in [0.15, 0.2) is 30.5 Å². The van der Waals surface area contributed by atoms with E-state index in [1.807, 2.05) is 12.3 Å². The van der Waals surface area contributed by atoms with Gasteiger partial charge in [0, 0.05) is 18.1 Å². The van der Waals surface area contributed by atoms with Crippen LogP contribution in [0, 0.1) is 5.92 Å². The van der Waals surface area contributed by atoms with Crippen LogP contribution in [0.3, 0.4) is 0 Å². The van der Waals surface area contributed by atoms with Gasteiger partial charge in [0.05, 0.1) is 0 Å². The van der Waals surface area contributed by atoms with E-state index in [0.717, 1.165) is 29.8 Å². The van der Waals surface area contributed by atoms with Gasteiger partial charge >= 0.3 is 0 Å². The van der Waals surface area contributed by atoms with Crippen LogP contribution in [0.5, 0.6) is 0 Å². The fourth-order valence-electron chi connectivity index (χ4n) is 2.39. The number of fused-ring (bicyclic) bond motifs is 1. The third-order valence-corrected chi connectivity index (χ3v) is 3.95. The first-order valence-electron chi connectivity index (χ1n) is 6.56. The van der Waals surface area contributed by atoms with E-state index in [1.165, 1.54) is 24.8 Å². The highest BCUT2D eigenvalue weighted by molar-refractivity contribution is 6.30.